The molecule has 0 saturated heterocycles. The minimum Gasteiger partial charge on any atom is -0.416 e. The van der Waals surface area contributed by atoms with Crippen LogP contribution in [-0.4, -0.2) is 147 Å². The molecule has 0 aromatic carbocycles. The van der Waals surface area contributed by atoms with Crippen LogP contribution in [0.15, 0.2) is 0 Å². The molecule has 0 heterocycles. The Labute approximate surface area is 298 Å². The van der Waals surface area contributed by atoms with E-state index in [9.17, 15) is 0 Å². The lowest BCUT2D eigenvalue weighted by Crippen LogP contribution is -2.61. The molecule has 0 aromatic heterocycles. The van der Waals surface area contributed by atoms with Crippen LogP contribution in [0.3, 0.4) is 0 Å². The van der Waals surface area contributed by atoms with Crippen LogP contribution in [0.1, 0.15) is 81.1 Å². The van der Waals surface area contributed by atoms with Crippen molar-refractivity contribution in [3.05, 3.63) is 0 Å². The van der Waals surface area contributed by atoms with Crippen LogP contribution in [0.4, 0.5) is 0 Å². The van der Waals surface area contributed by atoms with Crippen molar-refractivity contribution < 1.29 is 21.2 Å². The Morgan fingerprint density at radius 3 is 0.723 bits per heavy atom. The second kappa shape index (κ2) is 25.5. The summed E-state index contributed by atoms with van der Waals surface area (Å²) in [6.07, 6.45) is 4.28. The highest BCUT2D eigenvalue weighted by molar-refractivity contribution is 6.88. The standard InChI is InChI=1S/C34H82N4O5Si4/c1-15-35(16-2)27-23-31-44(11,39-9)41-46(13,33-25-29-37(19-5)20-6)43-47(14,34-26-30-38(21-7)22-8)42-45(12,40-10)32-24-28-36(17-3)18-4/h15-34H2,1-14H3. The lowest BCUT2D eigenvalue weighted by molar-refractivity contribution is 0.224. The van der Waals surface area contributed by atoms with Crippen LogP contribution in [0, 0.1) is 0 Å². The van der Waals surface area contributed by atoms with Gasteiger partial charge < -0.3 is 40.8 Å². The first kappa shape index (κ1) is 47.5. The molecule has 0 bridgehead atoms. The summed E-state index contributed by atoms with van der Waals surface area (Å²) in [6.45, 7) is 40.0. The molecular formula is C34H82N4O5Si4. The fourth-order valence-electron chi connectivity index (χ4n) is 6.66. The second-order valence-corrected chi connectivity index (χ2v) is 28.1. The van der Waals surface area contributed by atoms with Crippen LogP contribution >= 0.6 is 0 Å². The minimum atomic E-state index is -2.72. The maximum Gasteiger partial charge on any atom is 0.325 e. The van der Waals surface area contributed by atoms with E-state index in [4.69, 9.17) is 21.2 Å². The molecule has 13 heteroatoms. The average molecular weight is 739 g/mol. The molecule has 4 atom stereocenters. The van der Waals surface area contributed by atoms with Gasteiger partial charge in [-0.2, -0.15) is 0 Å². The van der Waals surface area contributed by atoms with Gasteiger partial charge in [-0.15, -0.1) is 0 Å². The van der Waals surface area contributed by atoms with Crippen LogP contribution in [0.2, 0.25) is 50.4 Å². The van der Waals surface area contributed by atoms with E-state index in [1.165, 1.54) is 0 Å². The van der Waals surface area contributed by atoms with E-state index in [2.05, 4.69) is 101 Å². The summed E-state index contributed by atoms with van der Waals surface area (Å²) in [5.74, 6) is 0. The highest BCUT2D eigenvalue weighted by Gasteiger charge is 2.50. The number of rotatable bonds is 32. The van der Waals surface area contributed by atoms with Gasteiger partial charge in [-0.3, -0.25) is 0 Å². The van der Waals surface area contributed by atoms with Gasteiger partial charge in [0.05, 0.1) is 0 Å². The lowest BCUT2D eigenvalue weighted by atomic mass is 10.4. The largest absolute Gasteiger partial charge is 0.416 e. The van der Waals surface area contributed by atoms with Gasteiger partial charge in [0.25, 0.3) is 0 Å². The highest BCUT2D eigenvalue weighted by Crippen LogP contribution is 2.33. The van der Waals surface area contributed by atoms with Crippen molar-refractivity contribution in [3.8, 4) is 0 Å². The predicted octanol–water partition coefficient (Wildman–Crippen LogP) is 7.54. The maximum absolute atomic E-state index is 7.54. The Hall–Kier alpha value is 0.508. The summed E-state index contributed by atoms with van der Waals surface area (Å²) in [5.41, 5.74) is 0. The Kier molecular flexibility index (Phi) is 25.7. The van der Waals surface area contributed by atoms with Gasteiger partial charge in [0, 0.05) is 14.2 Å². The summed E-state index contributed by atoms with van der Waals surface area (Å²) in [7, 11) is -6.69. The van der Waals surface area contributed by atoms with Gasteiger partial charge >= 0.3 is 34.2 Å². The van der Waals surface area contributed by atoms with Crippen molar-refractivity contribution >= 4 is 34.2 Å². The third-order valence-corrected chi connectivity index (χ3v) is 27.3. The van der Waals surface area contributed by atoms with Crippen LogP contribution in [0.5, 0.6) is 0 Å². The summed E-state index contributed by atoms with van der Waals surface area (Å²) < 4.78 is 34.9. The van der Waals surface area contributed by atoms with Crippen molar-refractivity contribution in [1.82, 2.24) is 19.6 Å². The van der Waals surface area contributed by atoms with Gasteiger partial charge in [-0.05, 0) is 155 Å². The van der Waals surface area contributed by atoms with E-state index in [-0.39, 0.29) is 0 Å². The fraction of sp³-hybridized carbons (Fsp3) is 1.00. The van der Waals surface area contributed by atoms with E-state index < -0.39 is 34.2 Å². The maximum atomic E-state index is 7.54. The minimum absolute atomic E-state index is 0.945. The van der Waals surface area contributed by atoms with Crippen LogP contribution < -0.4 is 0 Å². The average Bonchev–Trinajstić information content (AvgIpc) is 3.05. The van der Waals surface area contributed by atoms with Crippen molar-refractivity contribution in [2.45, 2.75) is 131 Å². The predicted molar refractivity (Wildman–Crippen MR) is 213 cm³/mol. The summed E-state index contributed by atoms with van der Waals surface area (Å²) in [4.78, 5) is 10.00. The van der Waals surface area contributed by atoms with Crippen LogP contribution in [0.25, 0.3) is 0 Å². The van der Waals surface area contributed by atoms with E-state index in [1.807, 2.05) is 14.2 Å². The zero-order chi connectivity index (χ0) is 36.0. The molecule has 0 fully saturated rings. The SMILES string of the molecule is CCN(CC)CCC[Si](C)(OC)O[Si](C)(CCCN(CC)CC)O[Si](C)(CCCN(CC)CC)O[Si](C)(CCCN(CC)CC)OC. The number of hydrogen-bond acceptors (Lipinski definition) is 9. The molecule has 0 aromatic rings. The topological polar surface area (TPSA) is 59.1 Å². The van der Waals surface area contributed by atoms with Gasteiger partial charge in [-0.1, -0.05) is 55.4 Å². The monoisotopic (exact) mass is 739 g/mol. The fourth-order valence-corrected chi connectivity index (χ4v) is 25.4. The first-order chi connectivity index (χ1) is 22.2. The zero-order valence-electron chi connectivity index (χ0n) is 34.0. The zero-order valence-corrected chi connectivity index (χ0v) is 38.0. The molecule has 0 rings (SSSR count). The summed E-state index contributed by atoms with van der Waals surface area (Å²) in [6, 6.07) is 3.83. The first-order valence-corrected chi connectivity index (χ1v) is 29.4. The normalized spacial score (nSPS) is 17.7. The quantitative estimate of drug-likeness (QED) is 0.0652. The van der Waals surface area contributed by atoms with Gasteiger partial charge in [-0.25, -0.2) is 0 Å². The molecule has 47 heavy (non-hydrogen) atoms. The molecule has 4 unspecified atom stereocenters. The smallest absolute Gasteiger partial charge is 0.325 e. The first-order valence-electron chi connectivity index (χ1n) is 19.3. The molecule has 0 aliphatic carbocycles. The van der Waals surface area contributed by atoms with Crippen molar-refractivity contribution in [2.75, 3.05) is 92.8 Å². The Bertz CT molecular complexity index is 708. The van der Waals surface area contributed by atoms with E-state index in [1.54, 1.807) is 0 Å². The Morgan fingerprint density at radius 1 is 0.340 bits per heavy atom. The van der Waals surface area contributed by atoms with Crippen molar-refractivity contribution in [2.24, 2.45) is 0 Å². The molecule has 0 spiro atoms. The Morgan fingerprint density at radius 2 is 0.532 bits per heavy atom. The molecular weight excluding hydrogens is 657 g/mol. The highest BCUT2D eigenvalue weighted by atomic mass is 28.5. The third-order valence-electron chi connectivity index (χ3n) is 10.2. The van der Waals surface area contributed by atoms with Crippen molar-refractivity contribution in [3.63, 3.8) is 0 Å². The molecule has 9 nitrogen and oxygen atoms in total. The molecule has 0 N–H and O–H groups in total. The third kappa shape index (κ3) is 19.6. The van der Waals surface area contributed by atoms with Gasteiger partial charge in [0.15, 0.2) is 0 Å². The summed E-state index contributed by atoms with van der Waals surface area (Å²) >= 11 is 0. The molecule has 0 saturated carbocycles. The molecule has 0 aliphatic heterocycles. The van der Waals surface area contributed by atoms with Gasteiger partial charge in [0.1, 0.15) is 0 Å². The van der Waals surface area contributed by atoms with E-state index in [0.717, 1.165) is 128 Å². The summed E-state index contributed by atoms with van der Waals surface area (Å²) in [5, 5.41) is 0. The van der Waals surface area contributed by atoms with Crippen LogP contribution in [-0.2, 0) is 21.2 Å². The molecule has 0 amide bonds. The number of nitrogens with zero attached hydrogens (tertiary/aromatic N) is 4. The Balaban J connectivity index is 6.38. The number of hydrogen-bond donors (Lipinski definition) is 0. The second-order valence-electron chi connectivity index (χ2n) is 13.8. The lowest BCUT2D eigenvalue weighted by Gasteiger charge is -2.44. The molecule has 284 valence electrons. The van der Waals surface area contributed by atoms with Gasteiger partial charge in [0.2, 0.25) is 0 Å². The molecule has 0 radical (unpaired) electrons. The van der Waals surface area contributed by atoms with E-state index >= 15 is 0 Å². The molecule has 0 aliphatic rings. The van der Waals surface area contributed by atoms with E-state index in [0.29, 0.717) is 0 Å². The van der Waals surface area contributed by atoms with Crippen molar-refractivity contribution in [1.29, 1.82) is 0 Å².